The van der Waals surface area contributed by atoms with Gasteiger partial charge in [-0.15, -0.1) is 0 Å². The van der Waals surface area contributed by atoms with Crippen molar-refractivity contribution in [1.29, 1.82) is 0 Å². The molecule has 0 aliphatic carbocycles. The Morgan fingerprint density at radius 2 is 2.18 bits per heavy atom. The molecule has 1 N–H and O–H groups in total. The molecule has 0 aromatic carbocycles. The lowest BCUT2D eigenvalue weighted by atomic mass is 9.87. The third-order valence-corrected chi connectivity index (χ3v) is 3.53. The van der Waals surface area contributed by atoms with Crippen LogP contribution in [-0.2, 0) is 4.74 Å². The second-order valence-corrected chi connectivity index (χ2v) is 6.14. The zero-order valence-electron chi connectivity index (χ0n) is 11.8. The van der Waals surface area contributed by atoms with Gasteiger partial charge in [-0.25, -0.2) is 0 Å². The van der Waals surface area contributed by atoms with Gasteiger partial charge < -0.3 is 9.84 Å². The van der Waals surface area contributed by atoms with Gasteiger partial charge in [0, 0.05) is 13.0 Å². The van der Waals surface area contributed by atoms with E-state index < -0.39 is 5.60 Å². The molecule has 3 atom stereocenters. The Bertz CT molecular complexity index is 252. The summed E-state index contributed by atoms with van der Waals surface area (Å²) in [7, 11) is 0. The summed E-state index contributed by atoms with van der Waals surface area (Å²) in [5.41, 5.74) is 0.733. The molecule has 0 aromatic rings. The summed E-state index contributed by atoms with van der Waals surface area (Å²) in [6.07, 6.45) is 7.26. The van der Waals surface area contributed by atoms with Crippen molar-refractivity contribution in [3.05, 3.63) is 11.6 Å². The number of ether oxygens (including phenoxy) is 1. The molecule has 0 bridgehead atoms. The SMILES string of the molecule is CC(C)=CCCC(C)(O)C[C@@H]1C[C@H](C)CCO1. The molecule has 2 nitrogen and oxygen atoms in total. The second-order valence-electron chi connectivity index (χ2n) is 6.14. The van der Waals surface area contributed by atoms with Crippen LogP contribution in [-0.4, -0.2) is 23.4 Å². The molecule has 0 aromatic heterocycles. The van der Waals surface area contributed by atoms with Crippen LogP contribution < -0.4 is 0 Å². The summed E-state index contributed by atoms with van der Waals surface area (Å²) in [5.74, 6) is 0.738. The standard InChI is InChI=1S/C15H28O2/c1-12(2)6-5-8-15(4,16)11-14-10-13(3)7-9-17-14/h6,13-14,16H,5,7-11H2,1-4H3/t13-,14+,15?/m1/s1. The predicted octanol–water partition coefficient (Wildman–Crippen LogP) is 3.69. The van der Waals surface area contributed by atoms with E-state index in [0.29, 0.717) is 0 Å². The minimum Gasteiger partial charge on any atom is -0.390 e. The fourth-order valence-electron chi connectivity index (χ4n) is 2.48. The van der Waals surface area contributed by atoms with E-state index in [1.54, 1.807) is 0 Å². The molecule has 0 radical (unpaired) electrons. The van der Waals surface area contributed by atoms with Crippen molar-refractivity contribution in [2.45, 2.75) is 71.5 Å². The van der Waals surface area contributed by atoms with E-state index in [1.165, 1.54) is 5.57 Å². The highest BCUT2D eigenvalue weighted by atomic mass is 16.5. The number of hydrogen-bond acceptors (Lipinski definition) is 2. The third-order valence-electron chi connectivity index (χ3n) is 3.53. The first-order valence-electron chi connectivity index (χ1n) is 6.86. The van der Waals surface area contributed by atoms with Crippen LogP contribution in [0.1, 0.15) is 59.8 Å². The topological polar surface area (TPSA) is 29.5 Å². The average molecular weight is 240 g/mol. The molecule has 1 saturated heterocycles. The van der Waals surface area contributed by atoms with Crippen molar-refractivity contribution in [1.82, 2.24) is 0 Å². The molecule has 0 amide bonds. The van der Waals surface area contributed by atoms with Crippen molar-refractivity contribution in [2.75, 3.05) is 6.61 Å². The lowest BCUT2D eigenvalue weighted by Gasteiger charge is -2.33. The van der Waals surface area contributed by atoms with Crippen LogP contribution in [0, 0.1) is 5.92 Å². The van der Waals surface area contributed by atoms with Crippen LogP contribution in [0.2, 0.25) is 0 Å². The molecule has 0 spiro atoms. The highest BCUT2D eigenvalue weighted by Gasteiger charge is 2.28. The van der Waals surface area contributed by atoms with Gasteiger partial charge in [0.2, 0.25) is 0 Å². The van der Waals surface area contributed by atoms with E-state index in [4.69, 9.17) is 4.74 Å². The summed E-state index contributed by atoms with van der Waals surface area (Å²) in [6, 6.07) is 0. The molecule has 100 valence electrons. The molecule has 1 aliphatic heterocycles. The maximum atomic E-state index is 10.4. The largest absolute Gasteiger partial charge is 0.390 e. The fraction of sp³-hybridized carbons (Fsp3) is 0.867. The Labute approximate surface area is 106 Å². The summed E-state index contributed by atoms with van der Waals surface area (Å²) < 4.78 is 5.74. The lowest BCUT2D eigenvalue weighted by Crippen LogP contribution is -2.34. The molecule has 1 aliphatic rings. The first kappa shape index (κ1) is 14.7. The van der Waals surface area contributed by atoms with Crippen molar-refractivity contribution < 1.29 is 9.84 Å². The van der Waals surface area contributed by atoms with Crippen LogP contribution in [0.4, 0.5) is 0 Å². The highest BCUT2D eigenvalue weighted by molar-refractivity contribution is 4.94. The van der Waals surface area contributed by atoms with Crippen molar-refractivity contribution in [2.24, 2.45) is 5.92 Å². The van der Waals surface area contributed by atoms with Crippen molar-refractivity contribution in [3.8, 4) is 0 Å². The Balaban J connectivity index is 2.34. The van der Waals surface area contributed by atoms with Gasteiger partial charge in [0.25, 0.3) is 0 Å². The lowest BCUT2D eigenvalue weighted by molar-refractivity contribution is -0.0628. The van der Waals surface area contributed by atoms with Crippen LogP contribution in [0.25, 0.3) is 0 Å². The van der Waals surface area contributed by atoms with Gasteiger partial charge in [0.05, 0.1) is 11.7 Å². The van der Waals surface area contributed by atoms with E-state index in [1.807, 2.05) is 6.92 Å². The van der Waals surface area contributed by atoms with E-state index >= 15 is 0 Å². The Kier molecular flexibility index (Phi) is 5.68. The Morgan fingerprint density at radius 3 is 2.76 bits per heavy atom. The summed E-state index contributed by atoms with van der Waals surface area (Å²) >= 11 is 0. The van der Waals surface area contributed by atoms with E-state index in [0.717, 1.165) is 44.6 Å². The first-order chi connectivity index (χ1) is 7.89. The molecular formula is C15H28O2. The minimum absolute atomic E-state index is 0.250. The molecule has 17 heavy (non-hydrogen) atoms. The maximum Gasteiger partial charge on any atom is 0.0647 e. The molecular weight excluding hydrogens is 212 g/mol. The minimum atomic E-state index is -0.590. The van der Waals surface area contributed by atoms with Gasteiger partial charge in [0.15, 0.2) is 0 Å². The normalized spacial score (nSPS) is 28.5. The fourth-order valence-corrected chi connectivity index (χ4v) is 2.48. The van der Waals surface area contributed by atoms with Gasteiger partial charge in [-0.2, -0.15) is 0 Å². The second kappa shape index (κ2) is 6.55. The number of hydrogen-bond donors (Lipinski definition) is 1. The summed E-state index contributed by atoms with van der Waals surface area (Å²) in [6.45, 7) is 9.26. The average Bonchev–Trinajstić information content (AvgIpc) is 2.15. The van der Waals surface area contributed by atoms with Crippen LogP contribution in [0.5, 0.6) is 0 Å². The smallest absolute Gasteiger partial charge is 0.0647 e. The van der Waals surface area contributed by atoms with E-state index in [-0.39, 0.29) is 6.10 Å². The Morgan fingerprint density at radius 1 is 1.47 bits per heavy atom. The molecule has 1 heterocycles. The summed E-state index contributed by atoms with van der Waals surface area (Å²) in [5, 5.41) is 10.4. The number of rotatable bonds is 5. The van der Waals surface area contributed by atoms with Crippen molar-refractivity contribution >= 4 is 0 Å². The van der Waals surface area contributed by atoms with Gasteiger partial charge in [-0.05, 0) is 52.4 Å². The summed E-state index contributed by atoms with van der Waals surface area (Å²) in [4.78, 5) is 0. The van der Waals surface area contributed by atoms with Crippen LogP contribution in [0.3, 0.4) is 0 Å². The van der Waals surface area contributed by atoms with Crippen LogP contribution >= 0.6 is 0 Å². The predicted molar refractivity (Wildman–Crippen MR) is 72.0 cm³/mol. The third kappa shape index (κ3) is 6.23. The van der Waals surface area contributed by atoms with E-state index in [9.17, 15) is 5.11 Å². The first-order valence-corrected chi connectivity index (χ1v) is 6.86. The van der Waals surface area contributed by atoms with Crippen LogP contribution in [0.15, 0.2) is 11.6 Å². The molecule has 1 unspecified atom stereocenters. The molecule has 1 fully saturated rings. The molecule has 1 rings (SSSR count). The van der Waals surface area contributed by atoms with Gasteiger partial charge in [0.1, 0.15) is 0 Å². The molecule has 0 saturated carbocycles. The van der Waals surface area contributed by atoms with E-state index in [2.05, 4.69) is 26.8 Å². The number of allylic oxidation sites excluding steroid dienone is 2. The zero-order valence-corrected chi connectivity index (χ0v) is 11.8. The zero-order chi connectivity index (χ0) is 12.9. The number of aliphatic hydroxyl groups is 1. The van der Waals surface area contributed by atoms with Gasteiger partial charge in [-0.1, -0.05) is 18.6 Å². The van der Waals surface area contributed by atoms with Gasteiger partial charge in [-0.3, -0.25) is 0 Å². The quantitative estimate of drug-likeness (QED) is 0.743. The van der Waals surface area contributed by atoms with Crippen molar-refractivity contribution in [3.63, 3.8) is 0 Å². The maximum absolute atomic E-state index is 10.4. The Hall–Kier alpha value is -0.340. The van der Waals surface area contributed by atoms with Gasteiger partial charge >= 0.3 is 0 Å². The monoisotopic (exact) mass is 240 g/mol. The molecule has 2 heteroatoms. The highest BCUT2D eigenvalue weighted by Crippen LogP contribution is 2.28.